The smallest absolute Gasteiger partial charge is 0.446 e. The number of nitrogens with one attached hydrogen (secondary N) is 1. The summed E-state index contributed by atoms with van der Waals surface area (Å²) in [4.78, 5) is 11.8. The minimum Gasteiger partial charge on any atom is -0.480 e. The molecule has 0 heterocycles. The maximum atomic E-state index is 13.0. The average molecular weight is 444 g/mol. The van der Waals surface area contributed by atoms with Gasteiger partial charge < -0.3 is 4.74 Å². The molecule has 2 aromatic rings. The number of rotatable bonds is 4. The molecule has 0 aromatic heterocycles. The summed E-state index contributed by atoms with van der Waals surface area (Å²) in [7, 11) is 0. The summed E-state index contributed by atoms with van der Waals surface area (Å²) >= 11 is -0.328. The van der Waals surface area contributed by atoms with Crippen LogP contribution in [0.2, 0.25) is 0 Å². The second-order valence-corrected chi connectivity index (χ2v) is 6.58. The first-order chi connectivity index (χ1) is 14.0. The molecule has 0 fully saturated rings. The van der Waals surface area contributed by atoms with Gasteiger partial charge in [0.05, 0.1) is 17.2 Å². The summed E-state index contributed by atoms with van der Waals surface area (Å²) in [6, 6.07) is 11.1. The van der Waals surface area contributed by atoms with Crippen LogP contribution in [0.25, 0.3) is 0 Å². The van der Waals surface area contributed by atoms with Gasteiger partial charge in [0.1, 0.15) is 5.75 Å². The lowest BCUT2D eigenvalue weighted by molar-refractivity contribution is -0.138. The topological polar surface area (TPSA) is 62.1 Å². The predicted molar refractivity (Wildman–Crippen MR) is 95.3 cm³/mol. The minimum absolute atomic E-state index is 0.0357. The van der Waals surface area contributed by atoms with Gasteiger partial charge in [-0.2, -0.15) is 31.6 Å². The molecule has 156 valence electrons. The highest BCUT2D eigenvalue weighted by Crippen LogP contribution is 2.37. The Kier molecular flexibility index (Phi) is 7.24. The van der Waals surface area contributed by atoms with Crippen LogP contribution in [0.3, 0.4) is 0 Å². The van der Waals surface area contributed by atoms with E-state index in [4.69, 9.17) is 10.00 Å². The molecule has 1 N–H and O–H groups in total. The zero-order valence-electron chi connectivity index (χ0n) is 14.7. The number of nitrogens with zero attached hydrogens (tertiary/aromatic N) is 1. The second kappa shape index (κ2) is 9.46. The van der Waals surface area contributed by atoms with Gasteiger partial charge in [-0.05, 0) is 60.1 Å². The Morgan fingerprint density at radius 1 is 1.07 bits per heavy atom. The summed E-state index contributed by atoms with van der Waals surface area (Å²) < 4.78 is 80.6. The molecule has 30 heavy (non-hydrogen) atoms. The van der Waals surface area contributed by atoms with E-state index in [2.05, 4.69) is 17.3 Å². The fraction of sp³-hybridized carbons (Fsp3) is 0.158. The van der Waals surface area contributed by atoms with Crippen molar-refractivity contribution in [2.75, 3.05) is 6.61 Å². The largest absolute Gasteiger partial charge is 0.480 e. The van der Waals surface area contributed by atoms with Crippen molar-refractivity contribution in [3.05, 3.63) is 59.2 Å². The molecule has 4 nitrogen and oxygen atoms in total. The van der Waals surface area contributed by atoms with E-state index in [-0.39, 0.29) is 27.8 Å². The van der Waals surface area contributed by atoms with Crippen LogP contribution >= 0.6 is 11.8 Å². The molecule has 0 saturated heterocycles. The van der Waals surface area contributed by atoms with E-state index in [1.807, 2.05) is 0 Å². The van der Waals surface area contributed by atoms with Crippen LogP contribution < -0.4 is 10.1 Å². The fourth-order valence-electron chi connectivity index (χ4n) is 2.08. The number of alkyl halides is 6. The zero-order valence-corrected chi connectivity index (χ0v) is 15.5. The number of halogens is 6. The van der Waals surface area contributed by atoms with E-state index in [1.54, 1.807) is 6.07 Å². The Labute approximate surface area is 170 Å². The van der Waals surface area contributed by atoms with Crippen molar-refractivity contribution in [1.29, 1.82) is 5.26 Å². The molecular formula is C19H10F6N2O2S. The third-order valence-electron chi connectivity index (χ3n) is 3.33. The monoisotopic (exact) mass is 444 g/mol. The maximum absolute atomic E-state index is 13.0. The van der Waals surface area contributed by atoms with Gasteiger partial charge >= 0.3 is 11.7 Å². The SMILES string of the molecule is N#Cc1ccc(C(F)(F)F)c(OCC#CNC(=O)c2ccc(SC(F)(F)F)cc2)c1. The van der Waals surface area contributed by atoms with E-state index in [0.29, 0.717) is 6.07 Å². The summed E-state index contributed by atoms with van der Waals surface area (Å²) in [5.41, 5.74) is -5.53. The highest BCUT2D eigenvalue weighted by atomic mass is 32.2. The van der Waals surface area contributed by atoms with E-state index in [0.717, 1.165) is 24.3 Å². The van der Waals surface area contributed by atoms with Crippen LogP contribution in [0.5, 0.6) is 5.75 Å². The average Bonchev–Trinajstić information content (AvgIpc) is 2.66. The third kappa shape index (κ3) is 6.94. The van der Waals surface area contributed by atoms with Crippen molar-refractivity contribution in [3.63, 3.8) is 0 Å². The van der Waals surface area contributed by atoms with Crippen LogP contribution in [0, 0.1) is 23.3 Å². The summed E-state index contributed by atoms with van der Waals surface area (Å²) in [6.07, 6.45) is -4.69. The van der Waals surface area contributed by atoms with Gasteiger partial charge in [0, 0.05) is 16.5 Å². The first-order valence-electron chi connectivity index (χ1n) is 7.88. The molecule has 0 aliphatic rings. The lowest BCUT2D eigenvalue weighted by Gasteiger charge is -2.12. The van der Waals surface area contributed by atoms with Gasteiger partial charge in [0.2, 0.25) is 0 Å². The standard InChI is InChI=1S/C19H10F6N2O2S/c20-18(21,22)15-7-2-12(11-26)10-16(15)29-9-1-8-27-17(28)13-3-5-14(6-4-13)30-19(23,24)25/h2-7,10H,9H2,(H,27,28). The molecule has 0 spiro atoms. The lowest BCUT2D eigenvalue weighted by Crippen LogP contribution is -2.18. The molecule has 0 aliphatic carbocycles. The Balaban J connectivity index is 1.96. The van der Waals surface area contributed by atoms with Crippen LogP contribution in [0.1, 0.15) is 21.5 Å². The molecule has 0 atom stereocenters. The first-order valence-corrected chi connectivity index (χ1v) is 8.69. The highest BCUT2D eigenvalue weighted by molar-refractivity contribution is 8.00. The number of carbonyl (C=O) groups excluding carboxylic acids is 1. The molecule has 11 heteroatoms. The Morgan fingerprint density at radius 3 is 2.30 bits per heavy atom. The van der Waals surface area contributed by atoms with Crippen molar-refractivity contribution in [2.24, 2.45) is 0 Å². The zero-order chi connectivity index (χ0) is 22.4. The number of hydrogen-bond acceptors (Lipinski definition) is 4. The molecule has 2 aromatic carbocycles. The molecule has 0 unspecified atom stereocenters. The molecule has 0 aliphatic heterocycles. The lowest BCUT2D eigenvalue weighted by atomic mass is 10.1. The number of ether oxygens (including phenoxy) is 1. The molecule has 2 rings (SSSR count). The Morgan fingerprint density at radius 2 is 1.73 bits per heavy atom. The van der Waals surface area contributed by atoms with Gasteiger partial charge in [-0.3, -0.25) is 10.1 Å². The van der Waals surface area contributed by atoms with Crippen LogP contribution in [0.15, 0.2) is 47.4 Å². The van der Waals surface area contributed by atoms with Crippen LogP contribution in [-0.4, -0.2) is 18.0 Å². The van der Waals surface area contributed by atoms with Gasteiger partial charge in [-0.1, -0.05) is 0 Å². The summed E-state index contributed by atoms with van der Waals surface area (Å²) in [6.45, 7) is -0.514. The predicted octanol–water partition coefficient (Wildman–Crippen LogP) is 4.96. The van der Waals surface area contributed by atoms with Crippen molar-refractivity contribution < 1.29 is 35.9 Å². The van der Waals surface area contributed by atoms with E-state index >= 15 is 0 Å². The van der Waals surface area contributed by atoms with E-state index in [1.165, 1.54) is 12.1 Å². The second-order valence-electron chi connectivity index (χ2n) is 5.44. The Hall–Kier alpha value is -3.31. The van der Waals surface area contributed by atoms with Crippen molar-refractivity contribution >= 4 is 17.7 Å². The van der Waals surface area contributed by atoms with Crippen LogP contribution in [-0.2, 0) is 6.18 Å². The normalized spacial score (nSPS) is 11.1. The quantitative estimate of drug-likeness (QED) is 0.314. The van der Waals surface area contributed by atoms with Crippen LogP contribution in [0.4, 0.5) is 26.3 Å². The van der Waals surface area contributed by atoms with Gasteiger partial charge in [-0.25, -0.2) is 0 Å². The summed E-state index contributed by atoms with van der Waals surface area (Å²) in [5, 5.41) is 10.9. The number of benzene rings is 2. The van der Waals surface area contributed by atoms with Gasteiger partial charge in [0.25, 0.3) is 5.91 Å². The van der Waals surface area contributed by atoms with Crippen molar-refractivity contribution in [3.8, 4) is 23.8 Å². The molecule has 0 saturated carbocycles. The summed E-state index contributed by atoms with van der Waals surface area (Å²) in [5.74, 6) is 0.988. The molecular weight excluding hydrogens is 434 g/mol. The minimum atomic E-state index is -4.69. The molecule has 0 bridgehead atoms. The van der Waals surface area contributed by atoms with Crippen molar-refractivity contribution in [2.45, 2.75) is 16.6 Å². The Bertz CT molecular complexity index is 1020. The van der Waals surface area contributed by atoms with E-state index < -0.39 is 35.5 Å². The number of thioether (sulfide) groups is 1. The van der Waals surface area contributed by atoms with Gasteiger partial charge in [0.15, 0.2) is 6.61 Å². The number of carbonyl (C=O) groups is 1. The molecule has 1 amide bonds. The third-order valence-corrected chi connectivity index (χ3v) is 4.07. The number of amides is 1. The van der Waals surface area contributed by atoms with Crippen molar-refractivity contribution in [1.82, 2.24) is 5.32 Å². The highest BCUT2D eigenvalue weighted by Gasteiger charge is 2.34. The van der Waals surface area contributed by atoms with Gasteiger partial charge in [-0.15, -0.1) is 0 Å². The first kappa shape index (κ1) is 23.0. The number of hydrogen-bond donors (Lipinski definition) is 1. The fourth-order valence-corrected chi connectivity index (χ4v) is 2.62. The molecule has 0 radical (unpaired) electrons. The van der Waals surface area contributed by atoms with E-state index in [9.17, 15) is 31.1 Å². The maximum Gasteiger partial charge on any atom is 0.446 e. The number of nitriles is 1.